The van der Waals surface area contributed by atoms with E-state index in [0.29, 0.717) is 17.2 Å². The van der Waals surface area contributed by atoms with Crippen LogP contribution in [-0.4, -0.2) is 15.6 Å². The summed E-state index contributed by atoms with van der Waals surface area (Å²) in [5.41, 5.74) is 13.6. The fraction of sp³-hybridized carbons (Fsp3) is 0.0625. The number of benzene rings is 9. The van der Waals surface area contributed by atoms with Gasteiger partial charge >= 0.3 is 27.1 Å². The summed E-state index contributed by atoms with van der Waals surface area (Å²) in [5, 5.41) is 2.13. The number of hydrogen-bond donors (Lipinski definition) is 0. The largest absolute Gasteiger partial charge is 2.00 e. The molecular weight excluding hydrogens is 1070 g/mol. The molecule has 0 unspecified atom stereocenters. The predicted molar refractivity (Wildman–Crippen MR) is 284 cm³/mol. The molecule has 0 N–H and O–H groups in total. The van der Waals surface area contributed by atoms with Gasteiger partial charge in [-0.25, -0.2) is 13.8 Å². The van der Waals surface area contributed by atoms with E-state index in [9.17, 15) is 8.78 Å². The van der Waals surface area contributed by atoms with Gasteiger partial charge < -0.3 is 9.30 Å². The van der Waals surface area contributed by atoms with Crippen LogP contribution in [0.2, 0.25) is 0 Å². The molecule has 11 aromatic rings. The van der Waals surface area contributed by atoms with Gasteiger partial charge in [-0.15, -0.1) is 29.1 Å². The molecule has 9 aromatic carbocycles. The molecule has 0 aliphatic carbocycles. The van der Waals surface area contributed by atoms with Gasteiger partial charge in [0, 0.05) is 35.3 Å². The van der Waals surface area contributed by atoms with Gasteiger partial charge in [0.1, 0.15) is 23.1 Å². The van der Waals surface area contributed by atoms with Crippen molar-refractivity contribution in [1.82, 2.24) is 18.7 Å². The number of fused-ring (bicyclic) bond motifs is 4. The maximum Gasteiger partial charge on any atom is 2.00 e. The van der Waals surface area contributed by atoms with E-state index in [1.807, 2.05) is 82.1 Å². The van der Waals surface area contributed by atoms with Crippen LogP contribution < -0.4 is 13.9 Å². The van der Waals surface area contributed by atoms with Crippen LogP contribution in [0.4, 0.5) is 31.5 Å². The summed E-state index contributed by atoms with van der Waals surface area (Å²) in [7, 11) is 0. The number of para-hydroxylation sites is 4. The average Bonchev–Trinajstić information content (AvgIpc) is 3.95. The fourth-order valence-corrected chi connectivity index (χ4v) is 9.57. The minimum Gasteiger partial charge on any atom is -0.509 e. The van der Waals surface area contributed by atoms with Crippen LogP contribution >= 0.6 is 0 Å². The van der Waals surface area contributed by atoms with E-state index < -0.39 is 0 Å². The molecule has 0 bridgehead atoms. The molecule has 2 aromatic heterocycles. The first-order valence-electron chi connectivity index (χ1n) is 23.6. The third-order valence-electron chi connectivity index (χ3n) is 13.1. The zero-order chi connectivity index (χ0) is 48.2. The van der Waals surface area contributed by atoms with Crippen molar-refractivity contribution in [3.05, 3.63) is 242 Å². The maximum absolute atomic E-state index is 14.4. The SMILES string of the molecule is CC(C)(C)c1ccnc(-n2c3[c-]c(Oc4[c-]c([N+]5=C=[N+](c6c(-c7ccc(F)cc7)cccc6-c6ccc(F)cc6)c6ccccc65)cc(-c5ccc(-c6ccccc6)cc5)c4)ccc3c3ccccc32)c1.[Pt+2]. The number of ether oxygens (including phenoxy) is 1. The summed E-state index contributed by atoms with van der Waals surface area (Å²) in [5.74, 6) is 1.14. The van der Waals surface area contributed by atoms with E-state index in [4.69, 9.17) is 9.72 Å². The standard InChI is InChI=1S/C64H44F2N4O.Pt/c1-64(2,3)48-34-35-67-62(38-48)70-58-17-8-7-14-56(58)57-33-32-52(40-61(57)70)71-53-37-47(44-22-20-43(21-23-44)42-12-5-4-6-13-42)36-51(39-53)68-41-69(60-19-10-9-18-59(60)68)63-54(45-24-28-49(65)29-25-45)15-11-16-55(63)46-26-30-50(66)31-27-46;/h4-38H,1-3H3;/q;+2. The average molecular weight is 1120 g/mol. The van der Waals surface area contributed by atoms with Crippen LogP contribution in [0.3, 0.4) is 0 Å². The van der Waals surface area contributed by atoms with E-state index in [1.54, 1.807) is 24.3 Å². The molecule has 0 fully saturated rings. The van der Waals surface area contributed by atoms with Crippen molar-refractivity contribution in [3.63, 3.8) is 0 Å². The Kier molecular flexibility index (Phi) is 12.0. The molecule has 72 heavy (non-hydrogen) atoms. The van der Waals surface area contributed by atoms with Crippen molar-refractivity contribution in [2.24, 2.45) is 0 Å². The minimum absolute atomic E-state index is 0. The Hall–Kier alpha value is -8.34. The maximum atomic E-state index is 14.4. The molecule has 0 radical (unpaired) electrons. The van der Waals surface area contributed by atoms with Crippen molar-refractivity contribution in [3.8, 4) is 61.8 Å². The quantitative estimate of drug-likeness (QED) is 0.107. The molecule has 5 nitrogen and oxygen atoms in total. The van der Waals surface area contributed by atoms with Gasteiger partial charge in [0.2, 0.25) is 5.69 Å². The second-order valence-electron chi connectivity index (χ2n) is 18.7. The third kappa shape index (κ3) is 8.57. The van der Waals surface area contributed by atoms with Crippen molar-refractivity contribution in [1.29, 1.82) is 0 Å². The predicted octanol–water partition coefficient (Wildman–Crippen LogP) is 16.7. The van der Waals surface area contributed by atoms with Crippen LogP contribution in [0.1, 0.15) is 26.3 Å². The van der Waals surface area contributed by atoms with Crippen LogP contribution in [-0.2, 0) is 26.5 Å². The van der Waals surface area contributed by atoms with Crippen molar-refractivity contribution < 1.29 is 34.6 Å². The van der Waals surface area contributed by atoms with Crippen molar-refractivity contribution >= 4 is 50.6 Å². The Morgan fingerprint density at radius 3 is 1.76 bits per heavy atom. The minimum atomic E-state index is -0.327. The first-order valence-corrected chi connectivity index (χ1v) is 23.6. The zero-order valence-corrected chi connectivity index (χ0v) is 41.7. The Morgan fingerprint density at radius 1 is 0.514 bits per heavy atom. The molecule has 0 amide bonds. The van der Waals surface area contributed by atoms with Gasteiger partial charge in [0.15, 0.2) is 0 Å². The molecule has 3 heterocycles. The molecular formula is C64H44F2N4OPt+2. The molecule has 348 valence electrons. The topological polar surface area (TPSA) is 33.1 Å². The van der Waals surface area contributed by atoms with Gasteiger partial charge in [-0.2, -0.15) is 6.07 Å². The first kappa shape index (κ1) is 46.1. The van der Waals surface area contributed by atoms with Gasteiger partial charge in [0.25, 0.3) is 11.4 Å². The normalized spacial score (nSPS) is 12.1. The van der Waals surface area contributed by atoms with E-state index in [0.717, 1.165) is 89.2 Å². The van der Waals surface area contributed by atoms with E-state index in [2.05, 4.69) is 134 Å². The molecule has 8 heteroatoms. The number of pyridine rings is 1. The first-order chi connectivity index (χ1) is 34.6. The van der Waals surface area contributed by atoms with E-state index in [-0.39, 0.29) is 38.1 Å². The summed E-state index contributed by atoms with van der Waals surface area (Å²) in [4.78, 5) is 4.88. The van der Waals surface area contributed by atoms with Crippen molar-refractivity contribution in [2.45, 2.75) is 26.2 Å². The molecule has 12 rings (SSSR count). The van der Waals surface area contributed by atoms with Crippen LogP contribution in [0.15, 0.2) is 212 Å². The third-order valence-corrected chi connectivity index (χ3v) is 13.1. The molecule has 1 aliphatic heterocycles. The van der Waals surface area contributed by atoms with Gasteiger partial charge in [-0.1, -0.05) is 158 Å². The number of rotatable bonds is 9. The van der Waals surface area contributed by atoms with Crippen LogP contribution in [0.5, 0.6) is 11.5 Å². The van der Waals surface area contributed by atoms with Gasteiger partial charge in [-0.05, 0) is 103 Å². The Labute approximate surface area is 431 Å². The van der Waals surface area contributed by atoms with Crippen LogP contribution in [0.25, 0.3) is 72.1 Å². The molecule has 1 aliphatic rings. The van der Waals surface area contributed by atoms with Gasteiger partial charge in [-0.3, -0.25) is 0 Å². The van der Waals surface area contributed by atoms with Gasteiger partial charge in [0.05, 0.1) is 11.1 Å². The monoisotopic (exact) mass is 1120 g/mol. The fourth-order valence-electron chi connectivity index (χ4n) is 9.57. The summed E-state index contributed by atoms with van der Waals surface area (Å²) < 4.78 is 41.9. The number of nitrogens with zero attached hydrogens (tertiary/aromatic N) is 4. The smallest absolute Gasteiger partial charge is 0.509 e. The second-order valence-corrected chi connectivity index (χ2v) is 18.7. The molecule has 0 spiro atoms. The van der Waals surface area contributed by atoms with E-state index >= 15 is 0 Å². The Morgan fingerprint density at radius 2 is 1.10 bits per heavy atom. The molecule has 0 atom stereocenters. The summed E-state index contributed by atoms with van der Waals surface area (Å²) >= 11 is 0. The van der Waals surface area contributed by atoms with E-state index in [1.165, 1.54) is 29.8 Å². The summed E-state index contributed by atoms with van der Waals surface area (Å²) in [6.07, 6.45) is 1.88. The molecule has 0 saturated heterocycles. The van der Waals surface area contributed by atoms with Crippen molar-refractivity contribution in [2.75, 3.05) is 0 Å². The zero-order valence-electron chi connectivity index (χ0n) is 39.5. The molecule has 0 saturated carbocycles. The number of halogens is 2. The summed E-state index contributed by atoms with van der Waals surface area (Å²) in [6, 6.07) is 77.7. The second kappa shape index (κ2) is 18.8. The number of hydrogen-bond acceptors (Lipinski definition) is 2. The summed E-state index contributed by atoms with van der Waals surface area (Å²) in [6.45, 7) is 6.62. The Bertz CT molecular complexity index is 3860. The Balaban J connectivity index is 0.00000560. The number of aromatic nitrogens is 2. The van der Waals surface area contributed by atoms with Crippen LogP contribution in [0, 0.1) is 23.8 Å².